The molecule has 0 saturated heterocycles. The fourth-order valence-electron chi connectivity index (χ4n) is 3.48. The first kappa shape index (κ1) is 19.0. The van der Waals surface area contributed by atoms with Crippen LogP contribution in [0.1, 0.15) is 24.2 Å². The zero-order chi connectivity index (χ0) is 20.5. The predicted octanol–water partition coefficient (Wildman–Crippen LogP) is 4.50. The molecule has 146 valence electrons. The molecule has 3 N–H and O–H groups in total. The monoisotopic (exact) mass is 405 g/mol. The molecule has 0 aliphatic rings. The highest BCUT2D eigenvalue weighted by molar-refractivity contribution is 6.28. The third-order valence-corrected chi connectivity index (χ3v) is 5.06. The summed E-state index contributed by atoms with van der Waals surface area (Å²) in [6.07, 6.45) is 1.46. The molecule has 7 heteroatoms. The van der Waals surface area contributed by atoms with E-state index in [1.165, 1.54) is 6.20 Å². The summed E-state index contributed by atoms with van der Waals surface area (Å²) in [4.78, 5) is 21.6. The highest BCUT2D eigenvalue weighted by atomic mass is 35.5. The Hall–Kier alpha value is -3.38. The molecule has 1 unspecified atom stereocenters. The topological polar surface area (TPSA) is 85.8 Å². The molecular weight excluding hydrogens is 386 g/mol. The molecule has 0 radical (unpaired) electrons. The van der Waals surface area contributed by atoms with Gasteiger partial charge in [0.1, 0.15) is 0 Å². The number of hydrogen-bond donors (Lipinski definition) is 2. The third-order valence-electron chi connectivity index (χ3n) is 4.88. The highest BCUT2D eigenvalue weighted by Crippen LogP contribution is 2.27. The number of fused-ring (bicyclic) bond motifs is 1. The molecule has 0 saturated carbocycles. The lowest BCUT2D eigenvalue weighted by atomic mass is 10.0. The Labute approximate surface area is 173 Å². The van der Waals surface area contributed by atoms with Crippen LogP contribution in [0.25, 0.3) is 16.5 Å². The van der Waals surface area contributed by atoms with Crippen LogP contribution in [-0.4, -0.2) is 14.5 Å². The van der Waals surface area contributed by atoms with E-state index in [0.717, 1.165) is 22.3 Å². The summed E-state index contributed by atoms with van der Waals surface area (Å²) in [5.74, 6) is 0.425. The molecule has 0 bridgehead atoms. The second kappa shape index (κ2) is 7.56. The Morgan fingerprint density at radius 2 is 1.90 bits per heavy atom. The van der Waals surface area contributed by atoms with Crippen LogP contribution >= 0.6 is 11.6 Å². The molecule has 4 rings (SSSR count). The Kier molecular flexibility index (Phi) is 4.94. The van der Waals surface area contributed by atoms with E-state index < -0.39 is 0 Å². The maximum atomic E-state index is 13.5. The average Bonchev–Trinajstić information content (AvgIpc) is 2.71. The maximum Gasteiger partial charge on any atom is 0.263 e. The summed E-state index contributed by atoms with van der Waals surface area (Å²) in [7, 11) is 0. The highest BCUT2D eigenvalue weighted by Gasteiger charge is 2.18. The van der Waals surface area contributed by atoms with Crippen molar-refractivity contribution >= 4 is 33.9 Å². The number of para-hydroxylation sites is 1. The fourth-order valence-corrected chi connectivity index (χ4v) is 3.62. The lowest BCUT2D eigenvalue weighted by Gasteiger charge is -2.22. The number of nitrogens with two attached hydrogens (primary N) is 1. The van der Waals surface area contributed by atoms with Crippen LogP contribution in [0, 0.1) is 6.92 Å². The van der Waals surface area contributed by atoms with Crippen LogP contribution in [0.5, 0.6) is 0 Å². The number of anilines is 2. The molecule has 2 heterocycles. The van der Waals surface area contributed by atoms with Crippen LogP contribution < -0.4 is 16.6 Å². The summed E-state index contributed by atoms with van der Waals surface area (Å²) < 4.78 is 1.73. The zero-order valence-electron chi connectivity index (χ0n) is 16.1. The zero-order valence-corrected chi connectivity index (χ0v) is 16.8. The van der Waals surface area contributed by atoms with Gasteiger partial charge in [-0.1, -0.05) is 36.4 Å². The number of halogens is 1. The number of nitrogens with one attached hydrogen (secondary N) is 1. The Bertz CT molecular complexity index is 1250. The van der Waals surface area contributed by atoms with Gasteiger partial charge in [0.15, 0.2) is 5.82 Å². The van der Waals surface area contributed by atoms with Gasteiger partial charge in [0, 0.05) is 11.4 Å². The number of hydrogen-bond acceptors (Lipinski definition) is 5. The van der Waals surface area contributed by atoms with E-state index in [1.807, 2.05) is 68.4 Å². The van der Waals surface area contributed by atoms with Gasteiger partial charge in [0.2, 0.25) is 5.28 Å². The average molecular weight is 406 g/mol. The molecule has 1 atom stereocenters. The number of pyridine rings is 1. The van der Waals surface area contributed by atoms with Crippen LogP contribution in [0.3, 0.4) is 0 Å². The molecule has 0 fully saturated rings. The van der Waals surface area contributed by atoms with Crippen molar-refractivity contribution in [1.29, 1.82) is 0 Å². The van der Waals surface area contributed by atoms with Crippen LogP contribution in [0.4, 0.5) is 11.5 Å². The lowest BCUT2D eigenvalue weighted by Crippen LogP contribution is -2.26. The molecule has 0 amide bonds. The maximum absolute atomic E-state index is 13.5. The third kappa shape index (κ3) is 3.54. The summed E-state index contributed by atoms with van der Waals surface area (Å²) >= 11 is 5.92. The van der Waals surface area contributed by atoms with Crippen molar-refractivity contribution in [1.82, 2.24) is 14.5 Å². The largest absolute Gasteiger partial charge is 0.394 e. The van der Waals surface area contributed by atoms with Crippen LogP contribution in [-0.2, 0) is 0 Å². The minimum absolute atomic E-state index is 0.0656. The summed E-state index contributed by atoms with van der Waals surface area (Å²) in [6, 6.07) is 17.2. The predicted molar refractivity (Wildman–Crippen MR) is 118 cm³/mol. The molecule has 4 aromatic rings. The van der Waals surface area contributed by atoms with Crippen molar-refractivity contribution in [2.75, 3.05) is 11.1 Å². The lowest BCUT2D eigenvalue weighted by molar-refractivity contribution is 0.773. The molecule has 2 aromatic carbocycles. The number of aryl methyl sites for hydroxylation is 1. The summed E-state index contributed by atoms with van der Waals surface area (Å²) in [5.41, 5.74) is 8.82. The Morgan fingerprint density at radius 3 is 2.66 bits per heavy atom. The van der Waals surface area contributed by atoms with E-state index in [9.17, 15) is 4.79 Å². The molecular formula is C22H20ClN5O. The molecule has 0 aliphatic heterocycles. The van der Waals surface area contributed by atoms with Gasteiger partial charge in [-0.2, -0.15) is 4.98 Å². The van der Waals surface area contributed by atoms with E-state index in [2.05, 4.69) is 15.3 Å². The van der Waals surface area contributed by atoms with E-state index in [0.29, 0.717) is 16.9 Å². The van der Waals surface area contributed by atoms with Crippen LogP contribution in [0.15, 0.2) is 65.6 Å². The van der Waals surface area contributed by atoms with Gasteiger partial charge in [-0.05, 0) is 54.6 Å². The summed E-state index contributed by atoms with van der Waals surface area (Å²) in [6.45, 7) is 3.90. The number of nitrogens with zero attached hydrogens (tertiary/aromatic N) is 3. The van der Waals surface area contributed by atoms with Gasteiger partial charge < -0.3 is 11.1 Å². The Morgan fingerprint density at radius 1 is 1.14 bits per heavy atom. The first-order valence-corrected chi connectivity index (χ1v) is 9.59. The minimum atomic E-state index is -0.277. The van der Waals surface area contributed by atoms with Gasteiger partial charge in [-0.25, -0.2) is 4.98 Å². The number of benzene rings is 2. The van der Waals surface area contributed by atoms with Gasteiger partial charge in [0.25, 0.3) is 5.56 Å². The number of nitrogen functional groups attached to an aromatic ring is 1. The van der Waals surface area contributed by atoms with Gasteiger partial charge in [-0.15, -0.1) is 0 Å². The van der Waals surface area contributed by atoms with Crippen molar-refractivity contribution in [2.45, 2.75) is 19.9 Å². The van der Waals surface area contributed by atoms with Crippen molar-refractivity contribution < 1.29 is 0 Å². The normalized spacial score (nSPS) is 12.1. The number of rotatable bonds is 4. The van der Waals surface area contributed by atoms with Crippen molar-refractivity contribution in [3.8, 4) is 5.69 Å². The fraction of sp³-hybridized carbons (Fsp3) is 0.136. The molecule has 0 aliphatic carbocycles. The molecule has 6 nitrogen and oxygen atoms in total. The van der Waals surface area contributed by atoms with E-state index >= 15 is 0 Å². The quantitative estimate of drug-likeness (QED) is 0.488. The number of aromatic nitrogens is 3. The summed E-state index contributed by atoms with van der Waals surface area (Å²) in [5, 5.41) is 4.96. The second-order valence-electron chi connectivity index (χ2n) is 6.89. The van der Waals surface area contributed by atoms with Crippen molar-refractivity contribution in [2.24, 2.45) is 0 Å². The standard InChI is InChI=1S/C22H20ClN5O/c1-13-7-6-8-15-11-18(14(2)26-20-17(24)12-25-22(23)27-20)28(21(29)19(13)15)16-9-4-3-5-10-16/h3-12,14H,24H2,1-2H3,(H,25,26,27). The van der Waals surface area contributed by atoms with Gasteiger partial charge in [-0.3, -0.25) is 9.36 Å². The SMILES string of the molecule is Cc1cccc2cc(C(C)Nc3nc(Cl)ncc3N)n(-c3ccccc3)c(=O)c12. The van der Waals surface area contributed by atoms with Crippen molar-refractivity contribution in [3.63, 3.8) is 0 Å². The van der Waals surface area contributed by atoms with Crippen LogP contribution in [0.2, 0.25) is 5.28 Å². The van der Waals surface area contributed by atoms with Gasteiger partial charge in [0.05, 0.1) is 23.3 Å². The first-order chi connectivity index (χ1) is 14.0. The molecule has 29 heavy (non-hydrogen) atoms. The van der Waals surface area contributed by atoms with E-state index in [4.69, 9.17) is 17.3 Å². The van der Waals surface area contributed by atoms with Gasteiger partial charge >= 0.3 is 0 Å². The van der Waals surface area contributed by atoms with Crippen molar-refractivity contribution in [3.05, 3.63) is 87.7 Å². The Balaban J connectivity index is 1.93. The smallest absolute Gasteiger partial charge is 0.263 e. The minimum Gasteiger partial charge on any atom is -0.394 e. The van der Waals surface area contributed by atoms with E-state index in [1.54, 1.807) is 4.57 Å². The van der Waals surface area contributed by atoms with E-state index in [-0.39, 0.29) is 16.9 Å². The second-order valence-corrected chi connectivity index (χ2v) is 7.23. The molecule has 2 aromatic heterocycles. The molecule has 0 spiro atoms. The first-order valence-electron chi connectivity index (χ1n) is 9.21.